The van der Waals surface area contributed by atoms with Crippen molar-refractivity contribution in [2.75, 3.05) is 12.0 Å². The summed E-state index contributed by atoms with van der Waals surface area (Å²) >= 11 is 2.13. The van der Waals surface area contributed by atoms with Crippen molar-refractivity contribution in [3.63, 3.8) is 0 Å². The lowest BCUT2D eigenvalue weighted by molar-refractivity contribution is -0.122. The van der Waals surface area contributed by atoms with Gasteiger partial charge >= 0.3 is 6.03 Å². The molecule has 0 aromatic heterocycles. The summed E-state index contributed by atoms with van der Waals surface area (Å²) in [6.45, 7) is 1.94. The van der Waals surface area contributed by atoms with Crippen molar-refractivity contribution in [2.45, 2.75) is 13.3 Å². The fourth-order valence-electron chi connectivity index (χ4n) is 2.86. The first-order chi connectivity index (χ1) is 12.9. The summed E-state index contributed by atoms with van der Waals surface area (Å²) in [5, 5.41) is 2.25. The summed E-state index contributed by atoms with van der Waals surface area (Å²) in [7, 11) is 1.54. The molecule has 3 rings (SSSR count). The van der Waals surface area contributed by atoms with Crippen LogP contribution < -0.4 is 15.0 Å². The predicted octanol–water partition coefficient (Wildman–Crippen LogP) is 3.53. The molecule has 1 fully saturated rings. The Kier molecular flexibility index (Phi) is 5.59. The number of methoxy groups -OCH3 is 1. The molecule has 7 heteroatoms. The van der Waals surface area contributed by atoms with Crippen LogP contribution >= 0.6 is 22.6 Å². The highest BCUT2D eigenvalue weighted by molar-refractivity contribution is 14.1. The molecule has 6 nitrogen and oxygen atoms in total. The molecule has 0 radical (unpaired) electrons. The Bertz CT molecular complexity index is 968. The monoisotopic (exact) mass is 476 g/mol. The van der Waals surface area contributed by atoms with Crippen molar-refractivity contribution in [2.24, 2.45) is 0 Å². The fourth-order valence-corrected chi connectivity index (χ4v) is 3.52. The van der Waals surface area contributed by atoms with Crippen LogP contribution in [0.25, 0.3) is 6.08 Å². The Morgan fingerprint density at radius 2 is 1.89 bits per heavy atom. The van der Waals surface area contributed by atoms with Crippen LogP contribution in [0.15, 0.2) is 48.0 Å². The number of ether oxygens (including phenoxy) is 1. The average molecular weight is 476 g/mol. The molecule has 0 aliphatic carbocycles. The average Bonchev–Trinajstić information content (AvgIpc) is 2.65. The van der Waals surface area contributed by atoms with Crippen LogP contribution in [0.4, 0.5) is 10.5 Å². The number of carbonyl (C=O) groups is 3. The zero-order chi connectivity index (χ0) is 19.6. The second kappa shape index (κ2) is 7.91. The zero-order valence-electron chi connectivity index (χ0n) is 14.8. The van der Waals surface area contributed by atoms with E-state index in [1.54, 1.807) is 25.3 Å². The molecule has 1 aliphatic heterocycles. The molecule has 0 spiro atoms. The molecule has 2 aromatic carbocycles. The Labute approximate surface area is 170 Å². The van der Waals surface area contributed by atoms with E-state index in [-0.39, 0.29) is 5.57 Å². The minimum Gasteiger partial charge on any atom is -0.497 e. The van der Waals surface area contributed by atoms with E-state index >= 15 is 0 Å². The van der Waals surface area contributed by atoms with Crippen LogP contribution in [-0.2, 0) is 16.0 Å². The van der Waals surface area contributed by atoms with E-state index in [2.05, 4.69) is 27.9 Å². The number of nitrogens with zero attached hydrogens (tertiary/aromatic N) is 1. The number of anilines is 1. The quantitative estimate of drug-likeness (QED) is 0.417. The molecule has 0 bridgehead atoms. The molecule has 2 aromatic rings. The van der Waals surface area contributed by atoms with Gasteiger partial charge in [-0.1, -0.05) is 25.1 Å². The van der Waals surface area contributed by atoms with Gasteiger partial charge in [-0.2, -0.15) is 0 Å². The molecule has 1 saturated heterocycles. The van der Waals surface area contributed by atoms with Crippen molar-refractivity contribution in [3.8, 4) is 5.75 Å². The Hall–Kier alpha value is -2.68. The first-order valence-electron chi connectivity index (χ1n) is 8.28. The van der Waals surface area contributed by atoms with Crippen molar-refractivity contribution < 1.29 is 19.1 Å². The number of barbiturate groups is 1. The topological polar surface area (TPSA) is 75.7 Å². The Morgan fingerprint density at radius 1 is 1.15 bits per heavy atom. The molecule has 1 N–H and O–H groups in total. The molecule has 0 atom stereocenters. The summed E-state index contributed by atoms with van der Waals surface area (Å²) in [5.41, 5.74) is 1.84. The fraction of sp³-hybridized carbons (Fsp3) is 0.150. The molecule has 1 heterocycles. The van der Waals surface area contributed by atoms with E-state index in [9.17, 15) is 14.4 Å². The van der Waals surface area contributed by atoms with E-state index in [1.807, 2.05) is 31.2 Å². The normalized spacial score (nSPS) is 15.9. The number of nitrogens with one attached hydrogen (secondary N) is 1. The highest BCUT2D eigenvalue weighted by Crippen LogP contribution is 2.27. The molecule has 0 saturated carbocycles. The molecular formula is C20H17IN2O4. The lowest BCUT2D eigenvalue weighted by atomic mass is 10.0. The molecule has 4 amide bonds. The zero-order valence-corrected chi connectivity index (χ0v) is 16.9. The minimum atomic E-state index is -0.747. The van der Waals surface area contributed by atoms with Gasteiger partial charge in [0.25, 0.3) is 11.8 Å². The van der Waals surface area contributed by atoms with Gasteiger partial charge in [-0.3, -0.25) is 14.9 Å². The van der Waals surface area contributed by atoms with Crippen molar-refractivity contribution in [1.29, 1.82) is 0 Å². The third kappa shape index (κ3) is 3.87. The standard InChI is InChI=1S/C20H17IN2O4/c1-3-13-6-4-5-7-17(13)23-19(25)16(18(24)22-20(23)26)10-12-8-14(21)11-15(9-12)27-2/h4-11H,3H2,1-2H3,(H,22,24,26)/b16-10-. The van der Waals surface area contributed by atoms with E-state index in [0.29, 0.717) is 23.4 Å². The Morgan fingerprint density at radius 3 is 2.59 bits per heavy atom. The second-order valence-electron chi connectivity index (χ2n) is 5.86. The summed E-state index contributed by atoms with van der Waals surface area (Å²) in [4.78, 5) is 38.7. The number of para-hydroxylation sites is 1. The minimum absolute atomic E-state index is 0.107. The van der Waals surface area contributed by atoms with Gasteiger partial charge in [0.2, 0.25) is 0 Å². The molecule has 1 aliphatic rings. The first-order valence-corrected chi connectivity index (χ1v) is 9.36. The SMILES string of the molecule is CCc1ccccc1N1C(=O)NC(=O)/C(=C/c2cc(I)cc(OC)c2)C1=O. The molecule has 138 valence electrons. The Balaban J connectivity index is 2.06. The van der Waals surface area contributed by atoms with Gasteiger partial charge in [-0.25, -0.2) is 9.69 Å². The summed E-state index contributed by atoms with van der Waals surface area (Å²) < 4.78 is 6.13. The number of hydrogen-bond donors (Lipinski definition) is 1. The van der Waals surface area contributed by atoms with Gasteiger partial charge in [0, 0.05) is 3.57 Å². The summed E-state index contributed by atoms with van der Waals surface area (Å²) in [6.07, 6.45) is 2.12. The van der Waals surface area contributed by atoms with Crippen molar-refractivity contribution in [1.82, 2.24) is 5.32 Å². The maximum absolute atomic E-state index is 13.0. The van der Waals surface area contributed by atoms with Gasteiger partial charge < -0.3 is 4.74 Å². The first kappa shape index (κ1) is 19.1. The van der Waals surface area contributed by atoms with Crippen LogP contribution in [0.2, 0.25) is 0 Å². The second-order valence-corrected chi connectivity index (χ2v) is 7.11. The van der Waals surface area contributed by atoms with Gasteiger partial charge in [0.05, 0.1) is 12.8 Å². The lowest BCUT2D eigenvalue weighted by Gasteiger charge is -2.28. The third-order valence-electron chi connectivity index (χ3n) is 4.16. The third-order valence-corrected chi connectivity index (χ3v) is 4.78. The van der Waals surface area contributed by atoms with Gasteiger partial charge in [-0.05, 0) is 70.5 Å². The highest BCUT2D eigenvalue weighted by Gasteiger charge is 2.37. The summed E-state index contributed by atoms with van der Waals surface area (Å²) in [5.74, 6) is -0.753. The maximum atomic E-state index is 13.0. The van der Waals surface area contributed by atoms with Crippen LogP contribution in [0, 0.1) is 3.57 Å². The molecule has 27 heavy (non-hydrogen) atoms. The van der Waals surface area contributed by atoms with Crippen LogP contribution in [0.5, 0.6) is 5.75 Å². The van der Waals surface area contributed by atoms with E-state index in [4.69, 9.17) is 4.74 Å². The molecular weight excluding hydrogens is 459 g/mol. The van der Waals surface area contributed by atoms with Gasteiger partial charge in [0.15, 0.2) is 0 Å². The lowest BCUT2D eigenvalue weighted by Crippen LogP contribution is -2.54. The van der Waals surface area contributed by atoms with Gasteiger partial charge in [-0.15, -0.1) is 0 Å². The maximum Gasteiger partial charge on any atom is 0.335 e. The summed E-state index contributed by atoms with van der Waals surface area (Å²) in [6, 6.07) is 11.8. The van der Waals surface area contributed by atoms with Crippen molar-refractivity contribution >= 4 is 52.2 Å². The number of amides is 4. The van der Waals surface area contributed by atoms with Crippen LogP contribution in [0.1, 0.15) is 18.1 Å². The number of rotatable bonds is 4. The number of urea groups is 1. The number of hydrogen-bond acceptors (Lipinski definition) is 4. The van der Waals surface area contributed by atoms with Gasteiger partial charge in [0.1, 0.15) is 11.3 Å². The number of carbonyl (C=O) groups excluding carboxylic acids is 3. The number of imide groups is 2. The highest BCUT2D eigenvalue weighted by atomic mass is 127. The van der Waals surface area contributed by atoms with E-state index < -0.39 is 17.8 Å². The van der Waals surface area contributed by atoms with Crippen LogP contribution in [-0.4, -0.2) is 25.0 Å². The number of halogens is 1. The molecule has 0 unspecified atom stereocenters. The number of benzene rings is 2. The largest absolute Gasteiger partial charge is 0.497 e. The predicted molar refractivity (Wildman–Crippen MR) is 111 cm³/mol. The van der Waals surface area contributed by atoms with Crippen LogP contribution in [0.3, 0.4) is 0 Å². The van der Waals surface area contributed by atoms with E-state index in [0.717, 1.165) is 14.0 Å². The van der Waals surface area contributed by atoms with Crippen molar-refractivity contribution in [3.05, 3.63) is 62.7 Å². The van der Waals surface area contributed by atoms with E-state index in [1.165, 1.54) is 6.08 Å². The smallest absolute Gasteiger partial charge is 0.335 e. The number of aryl methyl sites for hydroxylation is 1.